The number of anilines is 1. The number of nitrogens with zero attached hydrogens (tertiary/aromatic N) is 4. The minimum atomic E-state index is -0.395. The van der Waals surface area contributed by atoms with E-state index in [4.69, 9.17) is 0 Å². The molecule has 1 aliphatic heterocycles. The van der Waals surface area contributed by atoms with E-state index in [1.54, 1.807) is 24.2 Å². The van der Waals surface area contributed by atoms with Crippen molar-refractivity contribution in [3.05, 3.63) is 42.4 Å². The zero-order valence-corrected chi connectivity index (χ0v) is 12.5. The van der Waals surface area contributed by atoms with Crippen LogP contribution in [-0.2, 0) is 11.8 Å². The van der Waals surface area contributed by atoms with Crippen LogP contribution in [0.25, 0.3) is 0 Å². The number of amides is 1. The Morgan fingerprint density at radius 3 is 2.86 bits per heavy atom. The molecular formula is C15H18FN5O. The van der Waals surface area contributed by atoms with E-state index in [2.05, 4.69) is 15.3 Å². The molecule has 0 saturated carbocycles. The predicted molar refractivity (Wildman–Crippen MR) is 79.5 cm³/mol. The number of halogens is 1. The molecule has 0 unspecified atom stereocenters. The normalized spacial score (nSPS) is 21.4. The lowest BCUT2D eigenvalue weighted by Gasteiger charge is -2.24. The van der Waals surface area contributed by atoms with Crippen molar-refractivity contribution in [2.24, 2.45) is 13.0 Å². The molecule has 0 bridgehead atoms. The number of pyridine rings is 1. The average molecular weight is 303 g/mol. The number of aromatic nitrogens is 3. The van der Waals surface area contributed by atoms with Crippen molar-refractivity contribution in [3.8, 4) is 0 Å². The van der Waals surface area contributed by atoms with Crippen molar-refractivity contribution in [1.29, 1.82) is 0 Å². The van der Waals surface area contributed by atoms with Crippen LogP contribution in [0.5, 0.6) is 0 Å². The van der Waals surface area contributed by atoms with Crippen LogP contribution in [0.4, 0.5) is 10.2 Å². The standard InChI is InChI=1S/C15H18FN5O/c1-20-7-6-18-15(20)13-10(8-12(22)21(13)2)9-19-14-11(16)4-3-5-17-14/h3-7,10,13H,8-9H2,1-2H3,(H,17,19)/t10-,13+/m0/s1. The third-order valence-electron chi connectivity index (χ3n) is 4.11. The number of rotatable bonds is 4. The van der Waals surface area contributed by atoms with Gasteiger partial charge in [-0.2, -0.15) is 0 Å². The molecule has 1 amide bonds. The highest BCUT2D eigenvalue weighted by Gasteiger charge is 2.40. The lowest BCUT2D eigenvalue weighted by atomic mass is 9.99. The Kier molecular flexibility index (Phi) is 3.79. The number of carbonyl (C=O) groups excluding carboxylic acids is 1. The molecule has 0 radical (unpaired) electrons. The van der Waals surface area contributed by atoms with Gasteiger partial charge in [-0.05, 0) is 12.1 Å². The van der Waals surface area contributed by atoms with Gasteiger partial charge in [-0.3, -0.25) is 4.79 Å². The summed E-state index contributed by atoms with van der Waals surface area (Å²) in [6.07, 6.45) is 5.52. The van der Waals surface area contributed by atoms with Crippen LogP contribution in [0.1, 0.15) is 18.3 Å². The molecule has 3 rings (SSSR count). The largest absolute Gasteiger partial charge is 0.367 e. The summed E-state index contributed by atoms with van der Waals surface area (Å²) < 4.78 is 15.5. The first-order chi connectivity index (χ1) is 10.6. The fourth-order valence-corrected chi connectivity index (χ4v) is 2.92. The molecule has 1 aliphatic rings. The van der Waals surface area contributed by atoms with Gasteiger partial charge in [0.25, 0.3) is 0 Å². The van der Waals surface area contributed by atoms with Crippen molar-refractivity contribution in [2.45, 2.75) is 12.5 Å². The summed E-state index contributed by atoms with van der Waals surface area (Å²) in [5.74, 6) is 0.736. The Hall–Kier alpha value is -2.44. The van der Waals surface area contributed by atoms with Gasteiger partial charge >= 0.3 is 0 Å². The lowest BCUT2D eigenvalue weighted by molar-refractivity contribution is -0.127. The van der Waals surface area contributed by atoms with E-state index >= 15 is 0 Å². The summed E-state index contributed by atoms with van der Waals surface area (Å²) in [5, 5.41) is 3.01. The molecule has 6 nitrogen and oxygen atoms in total. The zero-order valence-electron chi connectivity index (χ0n) is 12.5. The fraction of sp³-hybridized carbons (Fsp3) is 0.400. The summed E-state index contributed by atoms with van der Waals surface area (Å²) in [5.41, 5.74) is 0. The quantitative estimate of drug-likeness (QED) is 0.931. The van der Waals surface area contributed by atoms with Gasteiger partial charge in [0, 0.05) is 51.6 Å². The van der Waals surface area contributed by atoms with Crippen LogP contribution in [0.15, 0.2) is 30.7 Å². The van der Waals surface area contributed by atoms with E-state index in [0.29, 0.717) is 13.0 Å². The zero-order chi connectivity index (χ0) is 15.7. The topological polar surface area (TPSA) is 63.1 Å². The van der Waals surface area contributed by atoms with Gasteiger partial charge in [-0.25, -0.2) is 14.4 Å². The first kappa shape index (κ1) is 14.5. The average Bonchev–Trinajstić information content (AvgIpc) is 3.02. The highest BCUT2D eigenvalue weighted by molar-refractivity contribution is 5.79. The fourth-order valence-electron chi connectivity index (χ4n) is 2.92. The van der Waals surface area contributed by atoms with Crippen LogP contribution >= 0.6 is 0 Å². The van der Waals surface area contributed by atoms with Crippen LogP contribution in [0.3, 0.4) is 0 Å². The Morgan fingerprint density at radius 1 is 1.36 bits per heavy atom. The number of carbonyl (C=O) groups is 1. The second-order valence-corrected chi connectivity index (χ2v) is 5.52. The molecule has 116 valence electrons. The van der Waals surface area contributed by atoms with Crippen LogP contribution in [0, 0.1) is 11.7 Å². The van der Waals surface area contributed by atoms with Crippen LogP contribution < -0.4 is 5.32 Å². The Labute approximate surface area is 128 Å². The summed E-state index contributed by atoms with van der Waals surface area (Å²) >= 11 is 0. The first-order valence-electron chi connectivity index (χ1n) is 7.15. The molecule has 2 atom stereocenters. The number of aryl methyl sites for hydroxylation is 1. The van der Waals surface area contributed by atoms with E-state index < -0.39 is 5.82 Å². The Bertz CT molecular complexity index is 686. The molecule has 0 spiro atoms. The van der Waals surface area contributed by atoms with E-state index in [9.17, 15) is 9.18 Å². The summed E-state index contributed by atoms with van der Waals surface area (Å²) in [7, 11) is 3.69. The Morgan fingerprint density at radius 2 is 2.18 bits per heavy atom. The molecule has 7 heteroatoms. The molecule has 0 aliphatic carbocycles. The molecule has 3 heterocycles. The smallest absolute Gasteiger partial charge is 0.223 e. The minimum Gasteiger partial charge on any atom is -0.367 e. The van der Waals surface area contributed by atoms with Gasteiger partial charge in [-0.15, -0.1) is 0 Å². The maximum absolute atomic E-state index is 13.6. The van der Waals surface area contributed by atoms with E-state index in [1.807, 2.05) is 17.8 Å². The van der Waals surface area contributed by atoms with Crippen LogP contribution in [0.2, 0.25) is 0 Å². The molecular weight excluding hydrogens is 285 g/mol. The number of likely N-dealkylation sites (tertiary alicyclic amines) is 1. The first-order valence-corrected chi connectivity index (χ1v) is 7.15. The number of nitrogens with one attached hydrogen (secondary N) is 1. The van der Waals surface area contributed by atoms with Crippen molar-refractivity contribution < 1.29 is 9.18 Å². The highest BCUT2D eigenvalue weighted by atomic mass is 19.1. The molecule has 2 aromatic heterocycles. The maximum atomic E-state index is 13.6. The molecule has 1 fully saturated rings. The molecule has 2 aromatic rings. The van der Waals surface area contributed by atoms with E-state index in [1.165, 1.54) is 12.3 Å². The minimum absolute atomic E-state index is 0.0139. The number of hydrogen-bond acceptors (Lipinski definition) is 4. The van der Waals surface area contributed by atoms with Crippen molar-refractivity contribution >= 4 is 11.7 Å². The van der Waals surface area contributed by atoms with Crippen molar-refractivity contribution in [1.82, 2.24) is 19.4 Å². The van der Waals surface area contributed by atoms with Crippen LogP contribution in [-0.4, -0.2) is 38.9 Å². The third kappa shape index (κ3) is 2.54. The van der Waals surface area contributed by atoms with Gasteiger partial charge < -0.3 is 14.8 Å². The lowest BCUT2D eigenvalue weighted by Crippen LogP contribution is -2.29. The van der Waals surface area contributed by atoms with E-state index in [0.717, 1.165) is 5.82 Å². The molecule has 1 saturated heterocycles. The van der Waals surface area contributed by atoms with Crippen molar-refractivity contribution in [3.63, 3.8) is 0 Å². The summed E-state index contributed by atoms with van der Waals surface area (Å²) in [6.45, 7) is 0.460. The van der Waals surface area contributed by atoms with Gasteiger partial charge in [-0.1, -0.05) is 0 Å². The molecule has 1 N–H and O–H groups in total. The van der Waals surface area contributed by atoms with Gasteiger partial charge in [0.15, 0.2) is 11.6 Å². The summed E-state index contributed by atoms with van der Waals surface area (Å²) in [4.78, 5) is 22.1. The van der Waals surface area contributed by atoms with E-state index in [-0.39, 0.29) is 23.7 Å². The SMILES string of the molecule is CN1C(=O)C[C@@H](CNc2ncccc2F)[C@@H]1c1nccn1C. The predicted octanol–water partition coefficient (Wildman–Crippen LogP) is 1.59. The number of imidazole rings is 1. The second-order valence-electron chi connectivity index (χ2n) is 5.52. The Balaban J connectivity index is 1.78. The molecule has 22 heavy (non-hydrogen) atoms. The number of hydrogen-bond donors (Lipinski definition) is 1. The summed E-state index contributed by atoms with van der Waals surface area (Å²) in [6, 6.07) is 2.79. The van der Waals surface area contributed by atoms with Gasteiger partial charge in [0.1, 0.15) is 5.82 Å². The molecule has 0 aromatic carbocycles. The monoisotopic (exact) mass is 303 g/mol. The van der Waals surface area contributed by atoms with Crippen molar-refractivity contribution in [2.75, 3.05) is 18.9 Å². The second kappa shape index (κ2) is 5.75. The maximum Gasteiger partial charge on any atom is 0.223 e. The highest BCUT2D eigenvalue weighted by Crippen LogP contribution is 2.36. The van der Waals surface area contributed by atoms with Gasteiger partial charge in [0.05, 0.1) is 6.04 Å². The third-order valence-corrected chi connectivity index (χ3v) is 4.11. The van der Waals surface area contributed by atoms with Gasteiger partial charge in [0.2, 0.25) is 5.91 Å².